The molecule has 6 atom stereocenters. The van der Waals surface area contributed by atoms with Gasteiger partial charge in [0.25, 0.3) is 0 Å². The molecule has 1 saturated carbocycles. The number of unbranched alkanes of at least 4 members (excludes halogenated alkanes) is 2. The van der Waals surface area contributed by atoms with Gasteiger partial charge in [0.1, 0.15) is 62.5 Å². The van der Waals surface area contributed by atoms with Crippen LogP contribution in [0, 0.1) is 11.6 Å². The standard InChI is InChI=1S/C42H50FNO10S2.C39H54FN3O12S3/c43-31-13-11-29(12-14-31)40-35-6-2-3-7-37(35)44-41(30-9-10-30)36(40)16-15-32-27-33(28-39(46)53-32)54-42(47)52-25-23-50-21-19-48-18-20-49-22-24-51-38(45)8-4-1-5-34-17-26-55-56-34;1-27(2)36-33(37(28-9-11-29(40)12-10-28)42-38(41-36)43(3)58(4,47)48)14-13-30-25-31(26-35(45)54-30)55-39(46)53-23-21-51-19-17-49-16-18-50-20-22-52-34(44)8-6-5-7-32-15-24-56-57-32/h2-3,6-7,11-16,30,32-34H,1,4-5,8-10,17-28H2;9-14,27,30-32H,5-8,15-26H2,1-4H3/b16-15+;14-13+. The highest BCUT2D eigenvalue weighted by Gasteiger charge is 2.35. The topological polar surface area (TPSA) is 308 Å². The van der Waals surface area contributed by atoms with Crippen LogP contribution in [-0.2, 0) is 95.5 Å². The van der Waals surface area contributed by atoms with E-state index in [0.717, 1.165) is 99.3 Å². The van der Waals surface area contributed by atoms with Gasteiger partial charge in [-0.15, -0.1) is 0 Å². The summed E-state index contributed by atoms with van der Waals surface area (Å²) < 4.78 is 129. The molecule has 26 nitrogen and oxygen atoms in total. The van der Waals surface area contributed by atoms with Crippen LogP contribution in [0.5, 0.6) is 0 Å². The van der Waals surface area contributed by atoms with Gasteiger partial charge in [-0.2, -0.15) is 0 Å². The molecule has 6 unspecified atom stereocenters. The Balaban J connectivity index is 0.000000261. The lowest BCUT2D eigenvalue weighted by atomic mass is 9.92. The van der Waals surface area contributed by atoms with Crippen LogP contribution in [0.15, 0.2) is 84.9 Å². The van der Waals surface area contributed by atoms with Crippen molar-refractivity contribution >= 4 is 118 Å². The molecule has 10 rings (SSSR count). The van der Waals surface area contributed by atoms with Crippen LogP contribution in [0.25, 0.3) is 45.4 Å². The second-order valence-corrected chi connectivity index (χ2v) is 35.3. The Bertz CT molecular complexity index is 4040. The van der Waals surface area contributed by atoms with Crippen LogP contribution in [0.3, 0.4) is 0 Å². The summed E-state index contributed by atoms with van der Waals surface area (Å²) >= 11 is 0. The minimum Gasteiger partial charge on any atom is -0.463 e. The van der Waals surface area contributed by atoms with Gasteiger partial charge in [-0.25, -0.2) is 41.1 Å². The van der Waals surface area contributed by atoms with E-state index in [4.69, 9.17) is 71.3 Å². The van der Waals surface area contributed by atoms with Crippen molar-refractivity contribution in [2.75, 3.05) is 135 Å². The van der Waals surface area contributed by atoms with E-state index in [1.807, 2.05) is 93.4 Å². The summed E-state index contributed by atoms with van der Waals surface area (Å²) in [5, 5.41) is 2.40. The monoisotopic (exact) mass is 1680 g/mol. The molecule has 5 aliphatic rings. The van der Waals surface area contributed by atoms with Crippen molar-refractivity contribution in [3.63, 3.8) is 0 Å². The van der Waals surface area contributed by atoms with E-state index in [1.54, 1.807) is 24.3 Å². The molecule has 0 radical (unpaired) electrons. The van der Waals surface area contributed by atoms with Gasteiger partial charge in [-0.3, -0.25) is 24.2 Å². The zero-order valence-corrected chi connectivity index (χ0v) is 69.0. The number of halogens is 2. The second kappa shape index (κ2) is 49.1. The highest BCUT2D eigenvalue weighted by Crippen LogP contribution is 2.46. The van der Waals surface area contributed by atoms with E-state index in [1.165, 1.54) is 74.2 Å². The number of carbonyl (C=O) groups excluding carboxylic acids is 6. The van der Waals surface area contributed by atoms with E-state index in [9.17, 15) is 46.0 Å². The van der Waals surface area contributed by atoms with Gasteiger partial charge in [0.05, 0.1) is 121 Å². The van der Waals surface area contributed by atoms with E-state index < -0.39 is 64.5 Å². The average Bonchev–Trinajstić information content (AvgIpc) is 1.39. The molecule has 4 saturated heterocycles. The lowest BCUT2D eigenvalue weighted by Crippen LogP contribution is -2.34. The maximum absolute atomic E-state index is 13.9. The number of aromatic nitrogens is 3. The molecular weight excluding hydrogens is 1580 g/mol. The molecule has 0 N–H and O–H groups in total. The van der Waals surface area contributed by atoms with Crippen molar-refractivity contribution in [2.45, 2.75) is 163 Å². The van der Waals surface area contributed by atoms with Gasteiger partial charge in [0, 0.05) is 88.3 Å². The van der Waals surface area contributed by atoms with Crippen LogP contribution in [-0.4, -0.2) is 225 Å². The fraction of sp³-hybridized carbons (Fsp3) is 0.568. The number of ether oxygens (including phenoxy) is 14. The molecule has 3 aromatic carbocycles. The number of sulfonamides is 1. The Morgan fingerprint density at radius 1 is 0.553 bits per heavy atom. The molecule has 5 fully saturated rings. The normalized spacial score (nSPS) is 19.0. The number of hydrogen-bond donors (Lipinski definition) is 0. The quantitative estimate of drug-likeness (QED) is 0.0151. The number of carbonyl (C=O) groups is 6. The minimum atomic E-state index is -3.70. The molecule has 0 bridgehead atoms. The number of benzene rings is 3. The van der Waals surface area contributed by atoms with Crippen molar-refractivity contribution < 1.29 is 112 Å². The Morgan fingerprint density at radius 3 is 1.43 bits per heavy atom. The number of para-hydroxylation sites is 1. The first-order valence-electron chi connectivity index (χ1n) is 38.8. The molecule has 0 amide bonds. The number of fused-ring (bicyclic) bond motifs is 1. The van der Waals surface area contributed by atoms with Crippen molar-refractivity contribution in [3.8, 4) is 22.4 Å². The first kappa shape index (κ1) is 90.7. The highest BCUT2D eigenvalue weighted by molar-refractivity contribution is 8.77. The third kappa shape index (κ3) is 32.4. The number of cyclic esters (lactones) is 2. The third-order valence-corrected chi connectivity index (χ3v) is 25.6. The van der Waals surface area contributed by atoms with Gasteiger partial charge in [0.2, 0.25) is 16.0 Å². The van der Waals surface area contributed by atoms with E-state index in [-0.39, 0.29) is 102 Å². The van der Waals surface area contributed by atoms with E-state index in [0.29, 0.717) is 101 Å². The van der Waals surface area contributed by atoms with Crippen molar-refractivity contribution in [1.82, 2.24) is 15.0 Å². The fourth-order valence-corrected chi connectivity index (χ4v) is 18.8. The van der Waals surface area contributed by atoms with Crippen molar-refractivity contribution in [1.29, 1.82) is 0 Å². The fourth-order valence-electron chi connectivity index (χ4n) is 12.4. The molecule has 33 heteroatoms. The number of pyridine rings is 1. The summed E-state index contributed by atoms with van der Waals surface area (Å²) in [5.41, 5.74) is 6.42. The molecule has 0 spiro atoms. The molecule has 1 aliphatic carbocycles. The molecule has 4 aliphatic heterocycles. The van der Waals surface area contributed by atoms with Crippen LogP contribution in [0.4, 0.5) is 24.3 Å². The Morgan fingerprint density at radius 2 is 0.991 bits per heavy atom. The van der Waals surface area contributed by atoms with Gasteiger partial charge in [0.15, 0.2) is 0 Å². The predicted molar refractivity (Wildman–Crippen MR) is 433 cm³/mol. The average molecular weight is 1680 g/mol. The molecule has 2 aromatic heterocycles. The molecule has 114 heavy (non-hydrogen) atoms. The Labute approximate surface area is 681 Å². The Hall–Kier alpha value is -7.18. The van der Waals surface area contributed by atoms with Crippen LogP contribution < -0.4 is 4.31 Å². The van der Waals surface area contributed by atoms with E-state index in [2.05, 4.69) is 9.97 Å². The van der Waals surface area contributed by atoms with Crippen molar-refractivity contribution in [3.05, 3.63) is 119 Å². The molecule has 624 valence electrons. The molecule has 5 aromatic rings. The number of rotatable bonds is 46. The summed E-state index contributed by atoms with van der Waals surface area (Å²) in [7, 11) is 5.44. The third-order valence-electron chi connectivity index (χ3n) is 18.4. The summed E-state index contributed by atoms with van der Waals surface area (Å²) in [6, 6.07) is 19.9. The van der Waals surface area contributed by atoms with Gasteiger partial charge in [-0.1, -0.05) is 112 Å². The SMILES string of the molecule is CC(C)c1nc(N(C)S(C)(=O)=O)nc(-c2ccc(F)cc2)c1/C=C/C1CC(OC(=O)OCCOCCOCCOCCOC(=O)CCCCC2CCSS2)CC(=O)O1.O=C(CCCCC1CCSS1)OCCOCCOCCOCCOC(=O)OC1CC(=O)OC(/C=C/c2c(C3CC3)nc3ccccc3c2-c2ccc(F)cc2)C1. The molecular formula is C81H104F2N4O22S5. The van der Waals surface area contributed by atoms with Crippen LogP contribution in [0.1, 0.15) is 151 Å². The largest absolute Gasteiger partial charge is 0.508 e. The lowest BCUT2D eigenvalue weighted by Gasteiger charge is -2.26. The number of hydrogen-bond acceptors (Lipinski definition) is 29. The van der Waals surface area contributed by atoms with Gasteiger partial charge < -0.3 is 66.3 Å². The first-order valence-corrected chi connectivity index (χ1v) is 45.4. The summed E-state index contributed by atoms with van der Waals surface area (Å²) in [6.07, 6.45) is 15.1. The summed E-state index contributed by atoms with van der Waals surface area (Å²) in [4.78, 5) is 87.7. The molecule has 6 heterocycles. The lowest BCUT2D eigenvalue weighted by molar-refractivity contribution is -0.158. The predicted octanol–water partition coefficient (Wildman–Crippen LogP) is 14.8. The zero-order valence-electron chi connectivity index (χ0n) is 65.0. The Kier molecular flexibility index (Phi) is 39.1. The number of nitrogens with zero attached hydrogens (tertiary/aromatic N) is 4. The highest BCUT2D eigenvalue weighted by atomic mass is 33.1. The second-order valence-electron chi connectivity index (χ2n) is 27.7. The van der Waals surface area contributed by atoms with E-state index >= 15 is 0 Å². The maximum Gasteiger partial charge on any atom is 0.508 e. The van der Waals surface area contributed by atoms with Crippen LogP contribution >= 0.6 is 43.2 Å². The van der Waals surface area contributed by atoms with Gasteiger partial charge >= 0.3 is 36.2 Å². The smallest absolute Gasteiger partial charge is 0.463 e. The maximum atomic E-state index is 13.9. The first-order chi connectivity index (χ1) is 55.2. The summed E-state index contributed by atoms with van der Waals surface area (Å²) in [5.74, 6) is 0.321. The summed E-state index contributed by atoms with van der Waals surface area (Å²) in [6.45, 7) is 7.61. The zero-order chi connectivity index (χ0) is 80.9. The van der Waals surface area contributed by atoms with Gasteiger partial charge in [-0.05, 0) is 117 Å². The van der Waals surface area contributed by atoms with Crippen LogP contribution in [0.2, 0.25) is 0 Å². The number of anilines is 1. The van der Waals surface area contributed by atoms with Crippen molar-refractivity contribution in [2.24, 2.45) is 0 Å². The number of esters is 4. The minimum absolute atomic E-state index is 0.0228.